The summed E-state index contributed by atoms with van der Waals surface area (Å²) in [6.07, 6.45) is 9.46. The third-order valence-electron chi connectivity index (χ3n) is 2.27. The van der Waals surface area contributed by atoms with E-state index in [1.54, 1.807) is 11.1 Å². The Bertz CT molecular complexity index is 130. The van der Waals surface area contributed by atoms with Gasteiger partial charge < -0.3 is 4.90 Å². The number of nitrogens with zero attached hydrogens (tertiary/aromatic N) is 1. The van der Waals surface area contributed by atoms with Crippen LogP contribution < -0.4 is 0 Å². The summed E-state index contributed by atoms with van der Waals surface area (Å²) in [4.78, 5) is 11.9. The Morgan fingerprint density at radius 1 is 1.36 bits per heavy atom. The second kappa shape index (κ2) is 4.16. The molecule has 1 rings (SSSR count). The lowest BCUT2D eigenvalue weighted by Gasteiger charge is -2.27. The summed E-state index contributed by atoms with van der Waals surface area (Å²) < 4.78 is 0. The molecule has 0 aromatic carbocycles. The lowest BCUT2D eigenvalue weighted by atomic mass is 9.95. The maximum absolute atomic E-state index is 10.4. The zero-order valence-electron chi connectivity index (χ0n) is 6.75. The van der Waals surface area contributed by atoms with E-state index in [9.17, 15) is 4.79 Å². The van der Waals surface area contributed by atoms with E-state index in [1.165, 1.54) is 19.3 Å². The van der Waals surface area contributed by atoms with Gasteiger partial charge in [-0.25, -0.2) is 0 Å². The summed E-state index contributed by atoms with van der Waals surface area (Å²) >= 11 is 0. The first kappa shape index (κ1) is 8.31. The summed E-state index contributed by atoms with van der Waals surface area (Å²) in [6, 6.07) is 0.374. The quantitative estimate of drug-likeness (QED) is 0.565. The van der Waals surface area contributed by atoms with Gasteiger partial charge >= 0.3 is 6.41 Å². The molecule has 61 valence electrons. The molecule has 1 aliphatic rings. The van der Waals surface area contributed by atoms with Crippen LogP contribution in [0.2, 0.25) is 0 Å². The highest BCUT2D eigenvalue weighted by molar-refractivity contribution is 5.50. The normalized spacial score (nSPS) is 19.3. The Labute approximate surface area is 67.9 Å². The Morgan fingerprint density at radius 2 is 2.00 bits per heavy atom. The molecule has 11 heavy (non-hydrogen) atoms. The summed E-state index contributed by atoms with van der Waals surface area (Å²) in [5, 5.41) is 0. The van der Waals surface area contributed by atoms with Gasteiger partial charge in [-0.3, -0.25) is 4.79 Å². The molecular weight excluding hydrogens is 138 g/mol. The predicted octanol–water partition coefficient (Wildman–Crippen LogP) is 1.83. The van der Waals surface area contributed by atoms with Crippen molar-refractivity contribution in [2.24, 2.45) is 0 Å². The molecule has 0 atom stereocenters. The van der Waals surface area contributed by atoms with Crippen LogP contribution in [0.1, 0.15) is 32.1 Å². The molecule has 0 spiro atoms. The van der Waals surface area contributed by atoms with E-state index >= 15 is 0 Å². The largest absolute Gasteiger partial charge is 0.316 e. The van der Waals surface area contributed by atoms with Gasteiger partial charge in [-0.1, -0.05) is 25.8 Å². The van der Waals surface area contributed by atoms with E-state index in [0.29, 0.717) is 6.04 Å². The number of rotatable bonds is 3. The number of hydrogen-bond donors (Lipinski definition) is 0. The third-order valence-corrected chi connectivity index (χ3v) is 2.27. The highest BCUT2D eigenvalue weighted by Gasteiger charge is 2.17. The smallest absolute Gasteiger partial charge is 0.308 e. The molecule has 0 heterocycles. The first-order valence-corrected chi connectivity index (χ1v) is 4.17. The maximum Gasteiger partial charge on any atom is 0.316 e. The summed E-state index contributed by atoms with van der Waals surface area (Å²) in [6.45, 7) is 3.57. The van der Waals surface area contributed by atoms with Crippen molar-refractivity contribution >= 4 is 6.41 Å². The topological polar surface area (TPSA) is 20.3 Å². The highest BCUT2D eigenvalue weighted by Crippen LogP contribution is 2.21. The molecule has 0 N–H and O–H groups in total. The van der Waals surface area contributed by atoms with Gasteiger partial charge in [0.1, 0.15) is 0 Å². The van der Waals surface area contributed by atoms with Gasteiger partial charge in [-0.05, 0) is 12.8 Å². The monoisotopic (exact) mass is 152 g/mol. The van der Waals surface area contributed by atoms with Crippen molar-refractivity contribution in [2.45, 2.75) is 38.1 Å². The van der Waals surface area contributed by atoms with Crippen LogP contribution in [0.4, 0.5) is 0 Å². The van der Waals surface area contributed by atoms with Crippen LogP contribution in [0.15, 0.2) is 12.8 Å². The third kappa shape index (κ3) is 2.07. The van der Waals surface area contributed by atoms with Crippen LogP contribution in [0.3, 0.4) is 0 Å². The van der Waals surface area contributed by atoms with Crippen LogP contribution in [0.25, 0.3) is 0 Å². The van der Waals surface area contributed by atoms with Gasteiger partial charge in [-0.2, -0.15) is 0 Å². The standard InChI is InChI=1S/C9H14NO/c1-2-10(8-11)9-6-4-3-5-7-9/h2,9H,1,3-7H2. The first-order valence-electron chi connectivity index (χ1n) is 4.17. The fourth-order valence-electron chi connectivity index (χ4n) is 1.62. The molecule has 1 radical (unpaired) electrons. The van der Waals surface area contributed by atoms with Gasteiger partial charge in [0.15, 0.2) is 0 Å². The SMILES string of the molecule is C=CN([C]=O)C1CCCCC1. The Kier molecular flexibility index (Phi) is 3.14. The van der Waals surface area contributed by atoms with E-state index < -0.39 is 0 Å². The fraction of sp³-hybridized carbons (Fsp3) is 0.667. The molecule has 1 saturated carbocycles. The Balaban J connectivity index is 2.42. The molecule has 1 amide bonds. The van der Waals surface area contributed by atoms with Crippen molar-refractivity contribution in [1.29, 1.82) is 0 Å². The second-order valence-corrected chi connectivity index (χ2v) is 2.97. The summed E-state index contributed by atoms with van der Waals surface area (Å²) in [5.41, 5.74) is 0. The van der Waals surface area contributed by atoms with Gasteiger partial charge in [0, 0.05) is 12.2 Å². The van der Waals surface area contributed by atoms with Crippen molar-refractivity contribution in [3.8, 4) is 0 Å². The first-order chi connectivity index (χ1) is 5.38. The van der Waals surface area contributed by atoms with E-state index in [-0.39, 0.29) is 0 Å². The Hall–Kier alpha value is -0.790. The molecule has 0 aromatic heterocycles. The average Bonchev–Trinajstić information content (AvgIpc) is 2.09. The Morgan fingerprint density at radius 3 is 2.45 bits per heavy atom. The number of hydrogen-bond acceptors (Lipinski definition) is 1. The van der Waals surface area contributed by atoms with Crippen LogP contribution in [-0.2, 0) is 4.79 Å². The van der Waals surface area contributed by atoms with Crippen molar-refractivity contribution in [1.82, 2.24) is 4.90 Å². The van der Waals surface area contributed by atoms with E-state index in [4.69, 9.17) is 0 Å². The van der Waals surface area contributed by atoms with Gasteiger partial charge in [0.2, 0.25) is 0 Å². The minimum Gasteiger partial charge on any atom is -0.308 e. The van der Waals surface area contributed by atoms with Crippen LogP contribution in [0, 0.1) is 0 Å². The molecule has 0 bridgehead atoms. The van der Waals surface area contributed by atoms with Gasteiger partial charge in [0.05, 0.1) is 0 Å². The van der Waals surface area contributed by atoms with Gasteiger partial charge in [0.25, 0.3) is 0 Å². The lowest BCUT2D eigenvalue weighted by Crippen LogP contribution is -2.30. The summed E-state index contributed by atoms with van der Waals surface area (Å²) in [5.74, 6) is 0. The maximum atomic E-state index is 10.4. The van der Waals surface area contributed by atoms with Crippen LogP contribution in [0.5, 0.6) is 0 Å². The molecule has 1 fully saturated rings. The second-order valence-electron chi connectivity index (χ2n) is 2.97. The highest BCUT2D eigenvalue weighted by atomic mass is 16.1. The molecule has 1 aliphatic carbocycles. The average molecular weight is 152 g/mol. The number of amides is 1. The zero-order valence-corrected chi connectivity index (χ0v) is 6.75. The zero-order chi connectivity index (χ0) is 8.10. The fourth-order valence-corrected chi connectivity index (χ4v) is 1.62. The van der Waals surface area contributed by atoms with Crippen molar-refractivity contribution in [3.63, 3.8) is 0 Å². The van der Waals surface area contributed by atoms with Gasteiger partial charge in [-0.15, -0.1) is 0 Å². The number of carbonyl (C=O) groups excluding carboxylic acids is 1. The van der Waals surface area contributed by atoms with Crippen molar-refractivity contribution in [2.75, 3.05) is 0 Å². The van der Waals surface area contributed by atoms with Crippen LogP contribution >= 0.6 is 0 Å². The molecule has 0 unspecified atom stereocenters. The van der Waals surface area contributed by atoms with Crippen LogP contribution in [-0.4, -0.2) is 17.4 Å². The molecule has 0 aromatic rings. The molecule has 0 saturated heterocycles. The molecular formula is C9H14NO. The van der Waals surface area contributed by atoms with E-state index in [0.717, 1.165) is 12.8 Å². The molecule has 0 aliphatic heterocycles. The lowest BCUT2D eigenvalue weighted by molar-refractivity contribution is 0.289. The minimum absolute atomic E-state index is 0.374. The minimum atomic E-state index is 0.374. The van der Waals surface area contributed by atoms with Crippen molar-refractivity contribution in [3.05, 3.63) is 12.8 Å². The predicted molar refractivity (Wildman–Crippen MR) is 44.6 cm³/mol. The molecule has 2 heteroatoms. The van der Waals surface area contributed by atoms with E-state index in [1.807, 2.05) is 6.41 Å². The van der Waals surface area contributed by atoms with E-state index in [2.05, 4.69) is 6.58 Å². The molecule has 2 nitrogen and oxygen atoms in total. The summed E-state index contributed by atoms with van der Waals surface area (Å²) in [7, 11) is 0. The van der Waals surface area contributed by atoms with Crippen molar-refractivity contribution < 1.29 is 4.79 Å².